The van der Waals surface area contributed by atoms with Gasteiger partial charge in [0.25, 0.3) is 0 Å². The van der Waals surface area contributed by atoms with Crippen LogP contribution in [0.15, 0.2) is 36.5 Å². The molecule has 27 heavy (non-hydrogen) atoms. The van der Waals surface area contributed by atoms with Gasteiger partial charge in [-0.2, -0.15) is 15.1 Å². The monoisotopic (exact) mass is 365 g/mol. The molecule has 0 spiro atoms. The number of anilines is 2. The summed E-state index contributed by atoms with van der Waals surface area (Å²) in [6, 6.07) is 10.4. The van der Waals surface area contributed by atoms with Crippen molar-refractivity contribution in [1.82, 2.24) is 19.7 Å². The average molecular weight is 365 g/mol. The molecule has 1 atom stereocenters. The van der Waals surface area contributed by atoms with E-state index in [0.717, 1.165) is 35.3 Å². The summed E-state index contributed by atoms with van der Waals surface area (Å²) in [5, 5.41) is 12.2. The summed E-state index contributed by atoms with van der Waals surface area (Å²) in [6.45, 7) is 5.15. The summed E-state index contributed by atoms with van der Waals surface area (Å²) in [5.41, 5.74) is 8.59. The highest BCUT2D eigenvalue weighted by atomic mass is 15.3. The second kappa shape index (κ2) is 6.81. The Bertz CT molecular complexity index is 924. The summed E-state index contributed by atoms with van der Waals surface area (Å²) < 4.78 is 1.77. The molecule has 0 amide bonds. The molecule has 1 aliphatic rings. The zero-order valence-electron chi connectivity index (χ0n) is 16.1. The van der Waals surface area contributed by atoms with Crippen molar-refractivity contribution < 1.29 is 0 Å². The van der Waals surface area contributed by atoms with E-state index >= 15 is 0 Å². The topological polar surface area (TPSA) is 93.7 Å². The largest absolute Gasteiger partial charge is 0.367 e. The number of fused-ring (bicyclic) bond motifs is 1. The van der Waals surface area contributed by atoms with Gasteiger partial charge in [-0.05, 0) is 23.8 Å². The van der Waals surface area contributed by atoms with Gasteiger partial charge in [-0.25, -0.2) is 0 Å². The molecule has 3 aromatic rings. The van der Waals surface area contributed by atoms with Gasteiger partial charge >= 0.3 is 0 Å². The molecule has 7 nitrogen and oxygen atoms in total. The van der Waals surface area contributed by atoms with Gasteiger partial charge < -0.3 is 16.4 Å². The summed E-state index contributed by atoms with van der Waals surface area (Å²) in [7, 11) is 1.89. The molecule has 0 saturated heterocycles. The molecule has 1 fully saturated rings. The number of rotatable bonds is 6. The zero-order valence-corrected chi connectivity index (χ0v) is 16.1. The lowest BCUT2D eigenvalue weighted by atomic mass is 9.68. The fourth-order valence-corrected chi connectivity index (χ4v) is 3.80. The van der Waals surface area contributed by atoms with E-state index in [0.29, 0.717) is 23.9 Å². The minimum absolute atomic E-state index is 0.124. The van der Waals surface area contributed by atoms with Crippen molar-refractivity contribution >= 4 is 22.8 Å². The molecule has 1 saturated carbocycles. The third kappa shape index (κ3) is 3.73. The highest BCUT2D eigenvalue weighted by Crippen LogP contribution is 2.41. The standard InChI is InChI=1S/C20H27N7/c1-20(2)9-14(10-20)24-17-15-11-23-27(3)18(15)26-19(25-17)22-12-16(21)13-7-5-4-6-8-13/h4-8,11,14,16H,9-10,12,21H2,1-3H3,(H2,22,24,25,26)/t16-/m0/s1. The Morgan fingerprint density at radius 3 is 2.67 bits per heavy atom. The second-order valence-electron chi connectivity index (χ2n) is 8.21. The zero-order chi connectivity index (χ0) is 19.0. The van der Waals surface area contributed by atoms with Gasteiger partial charge in [0.2, 0.25) is 5.95 Å². The summed E-state index contributed by atoms with van der Waals surface area (Å²) in [4.78, 5) is 9.33. The van der Waals surface area contributed by atoms with E-state index in [1.807, 2.05) is 43.6 Å². The van der Waals surface area contributed by atoms with Crippen molar-refractivity contribution in [3.05, 3.63) is 42.1 Å². The molecule has 0 unspecified atom stereocenters. The van der Waals surface area contributed by atoms with Gasteiger partial charge in [-0.1, -0.05) is 44.2 Å². The number of hydrogen-bond acceptors (Lipinski definition) is 6. The normalized spacial score (nSPS) is 17.5. The summed E-state index contributed by atoms with van der Waals surface area (Å²) in [6.07, 6.45) is 4.10. The van der Waals surface area contributed by atoms with Crippen LogP contribution in [-0.4, -0.2) is 32.3 Å². The van der Waals surface area contributed by atoms with E-state index in [9.17, 15) is 0 Å². The molecule has 2 aromatic heterocycles. The Morgan fingerprint density at radius 1 is 1.22 bits per heavy atom. The van der Waals surface area contributed by atoms with Crippen LogP contribution in [0.4, 0.5) is 11.8 Å². The molecule has 2 heterocycles. The Kier molecular flexibility index (Phi) is 4.47. The first-order chi connectivity index (χ1) is 12.9. The van der Waals surface area contributed by atoms with E-state index in [-0.39, 0.29) is 6.04 Å². The Hall–Kier alpha value is -2.67. The van der Waals surface area contributed by atoms with Crippen molar-refractivity contribution in [3.63, 3.8) is 0 Å². The molecule has 142 valence electrons. The third-order valence-electron chi connectivity index (χ3n) is 5.24. The van der Waals surface area contributed by atoms with Gasteiger partial charge in [0.05, 0.1) is 11.6 Å². The number of aromatic nitrogens is 4. The molecule has 7 heteroatoms. The van der Waals surface area contributed by atoms with E-state index in [1.54, 1.807) is 4.68 Å². The Morgan fingerprint density at radius 2 is 1.96 bits per heavy atom. The second-order valence-corrected chi connectivity index (χ2v) is 8.21. The maximum absolute atomic E-state index is 6.29. The van der Waals surface area contributed by atoms with Crippen molar-refractivity contribution in [1.29, 1.82) is 0 Å². The number of nitrogens with one attached hydrogen (secondary N) is 2. The van der Waals surface area contributed by atoms with Crippen LogP contribution >= 0.6 is 0 Å². The van der Waals surface area contributed by atoms with Gasteiger partial charge in [0.1, 0.15) is 5.82 Å². The van der Waals surface area contributed by atoms with E-state index in [4.69, 9.17) is 10.7 Å². The molecule has 1 aromatic carbocycles. The average Bonchev–Trinajstić information content (AvgIpc) is 3.00. The van der Waals surface area contributed by atoms with Crippen molar-refractivity contribution in [3.8, 4) is 0 Å². The molecule has 0 bridgehead atoms. The van der Waals surface area contributed by atoms with Gasteiger partial charge in [-0.15, -0.1) is 0 Å². The van der Waals surface area contributed by atoms with Crippen LogP contribution in [0.1, 0.15) is 38.3 Å². The van der Waals surface area contributed by atoms with E-state index in [2.05, 4.69) is 34.6 Å². The Balaban J connectivity index is 1.53. The molecular formula is C20H27N7. The minimum Gasteiger partial charge on any atom is -0.367 e. The van der Waals surface area contributed by atoms with Gasteiger partial charge in [-0.3, -0.25) is 4.68 Å². The molecule has 0 radical (unpaired) electrons. The highest BCUT2D eigenvalue weighted by molar-refractivity contribution is 5.87. The van der Waals surface area contributed by atoms with Gasteiger partial charge in [0, 0.05) is 25.7 Å². The fraction of sp³-hybridized carbons (Fsp3) is 0.450. The first kappa shape index (κ1) is 17.7. The van der Waals surface area contributed by atoms with Crippen LogP contribution in [0.5, 0.6) is 0 Å². The van der Waals surface area contributed by atoms with Crippen molar-refractivity contribution in [2.45, 2.75) is 38.8 Å². The quantitative estimate of drug-likeness (QED) is 0.621. The summed E-state index contributed by atoms with van der Waals surface area (Å²) in [5.74, 6) is 1.41. The van der Waals surface area contributed by atoms with Gasteiger partial charge in [0.15, 0.2) is 5.65 Å². The first-order valence-electron chi connectivity index (χ1n) is 9.42. The lowest BCUT2D eigenvalue weighted by molar-refractivity contribution is 0.167. The number of aryl methyl sites for hydroxylation is 1. The SMILES string of the molecule is Cn1ncc2c(NC3CC(C)(C)C3)nc(NC[C@H](N)c3ccccc3)nc21. The van der Waals surface area contributed by atoms with E-state index in [1.165, 1.54) is 0 Å². The van der Waals surface area contributed by atoms with Crippen LogP contribution in [0, 0.1) is 5.41 Å². The number of nitrogens with zero attached hydrogens (tertiary/aromatic N) is 4. The molecule has 1 aliphatic carbocycles. The van der Waals surface area contributed by atoms with Crippen LogP contribution in [0.2, 0.25) is 0 Å². The summed E-state index contributed by atoms with van der Waals surface area (Å²) >= 11 is 0. The number of nitrogens with two attached hydrogens (primary N) is 1. The van der Waals surface area contributed by atoms with Crippen molar-refractivity contribution in [2.24, 2.45) is 18.2 Å². The van der Waals surface area contributed by atoms with E-state index < -0.39 is 0 Å². The van der Waals surface area contributed by atoms with Crippen molar-refractivity contribution in [2.75, 3.05) is 17.2 Å². The first-order valence-corrected chi connectivity index (χ1v) is 9.42. The van der Waals surface area contributed by atoms with Crippen LogP contribution in [0.3, 0.4) is 0 Å². The maximum Gasteiger partial charge on any atom is 0.226 e. The lowest BCUT2D eigenvalue weighted by Crippen LogP contribution is -2.41. The molecule has 4 N–H and O–H groups in total. The predicted octanol–water partition coefficient (Wildman–Crippen LogP) is 3.08. The molecule has 4 rings (SSSR count). The third-order valence-corrected chi connectivity index (χ3v) is 5.24. The predicted molar refractivity (Wildman–Crippen MR) is 109 cm³/mol. The smallest absolute Gasteiger partial charge is 0.226 e. The maximum atomic E-state index is 6.29. The number of benzene rings is 1. The van der Waals surface area contributed by atoms with Crippen LogP contribution < -0.4 is 16.4 Å². The molecular weight excluding hydrogens is 338 g/mol. The Labute approximate surface area is 159 Å². The van der Waals surface area contributed by atoms with Crippen LogP contribution in [-0.2, 0) is 7.05 Å². The number of hydrogen-bond donors (Lipinski definition) is 3. The minimum atomic E-state index is -0.124. The van der Waals surface area contributed by atoms with Crippen LogP contribution in [0.25, 0.3) is 11.0 Å². The fourth-order valence-electron chi connectivity index (χ4n) is 3.80. The highest BCUT2D eigenvalue weighted by Gasteiger charge is 2.36. The molecule has 0 aliphatic heterocycles. The lowest BCUT2D eigenvalue weighted by Gasteiger charge is -2.43.